The molecule has 0 amide bonds. The second-order valence-electron chi connectivity index (χ2n) is 6.52. The van der Waals surface area contributed by atoms with Crippen molar-refractivity contribution in [3.05, 3.63) is 86.7 Å². The summed E-state index contributed by atoms with van der Waals surface area (Å²) in [5, 5.41) is 15.2. The largest absolute Gasteiger partial charge is 0.402 e. The summed E-state index contributed by atoms with van der Waals surface area (Å²) < 4.78 is 6.38. The number of benzene rings is 2. The Balaban J connectivity index is 1.76. The summed E-state index contributed by atoms with van der Waals surface area (Å²) >= 11 is 6.11. The molecule has 31 heavy (non-hydrogen) atoms. The molecule has 0 spiro atoms. The molecule has 0 saturated carbocycles. The fraction of sp³-hybridized carbons (Fsp3) is 0.0476. The van der Waals surface area contributed by atoms with Gasteiger partial charge < -0.3 is 4.74 Å². The number of nitro groups is 1. The van der Waals surface area contributed by atoms with Gasteiger partial charge in [-0.05, 0) is 12.1 Å². The van der Waals surface area contributed by atoms with Crippen LogP contribution in [0.5, 0.6) is 0 Å². The number of aromatic nitrogens is 2. The number of hydrogen-bond acceptors (Lipinski definition) is 7. The Hall–Kier alpha value is -4.11. The van der Waals surface area contributed by atoms with E-state index in [4.69, 9.17) is 16.3 Å². The summed E-state index contributed by atoms with van der Waals surface area (Å²) in [4.78, 5) is 38.7. The lowest BCUT2D eigenvalue weighted by Gasteiger charge is -2.02. The Morgan fingerprint density at radius 1 is 1.23 bits per heavy atom. The average molecular weight is 437 g/mol. The SMILES string of the molecule is CC(=O)n1cc(/C=C2\N=C(c3ccc([N+](=O)[O-])cc3Cl)OC2=O)c(-c2ccccc2)n1. The quantitative estimate of drug-likeness (QED) is 0.263. The Morgan fingerprint density at radius 3 is 2.61 bits per heavy atom. The maximum atomic E-state index is 12.4. The van der Waals surface area contributed by atoms with Crippen molar-refractivity contribution in [2.75, 3.05) is 0 Å². The number of rotatable bonds is 4. The minimum Gasteiger partial charge on any atom is -0.402 e. The molecule has 0 fully saturated rings. The van der Waals surface area contributed by atoms with E-state index in [0.29, 0.717) is 11.3 Å². The van der Waals surface area contributed by atoms with Gasteiger partial charge in [-0.3, -0.25) is 14.9 Å². The number of non-ortho nitro benzene ring substituents is 1. The van der Waals surface area contributed by atoms with Gasteiger partial charge in [0.15, 0.2) is 5.70 Å². The third-order valence-electron chi connectivity index (χ3n) is 4.42. The van der Waals surface area contributed by atoms with Gasteiger partial charge in [-0.1, -0.05) is 41.9 Å². The molecule has 9 nitrogen and oxygen atoms in total. The number of halogens is 1. The van der Waals surface area contributed by atoms with E-state index < -0.39 is 10.9 Å². The zero-order valence-corrected chi connectivity index (χ0v) is 16.7. The number of nitrogens with zero attached hydrogens (tertiary/aromatic N) is 4. The molecule has 0 radical (unpaired) electrons. The number of nitro benzene ring substituents is 1. The molecule has 10 heteroatoms. The number of hydrogen-bond donors (Lipinski definition) is 0. The van der Waals surface area contributed by atoms with E-state index in [-0.39, 0.29) is 33.8 Å². The van der Waals surface area contributed by atoms with Gasteiger partial charge in [-0.25, -0.2) is 14.5 Å². The molecule has 154 valence electrons. The summed E-state index contributed by atoms with van der Waals surface area (Å²) in [6.45, 7) is 1.37. The minimum atomic E-state index is -0.723. The maximum Gasteiger partial charge on any atom is 0.363 e. The van der Waals surface area contributed by atoms with E-state index in [9.17, 15) is 19.7 Å². The molecule has 1 aliphatic heterocycles. The summed E-state index contributed by atoms with van der Waals surface area (Å²) in [5.41, 5.74) is 1.76. The molecule has 2 aromatic carbocycles. The first-order chi connectivity index (χ1) is 14.8. The summed E-state index contributed by atoms with van der Waals surface area (Å²) in [7, 11) is 0. The van der Waals surface area contributed by atoms with Crippen molar-refractivity contribution in [1.82, 2.24) is 9.78 Å². The lowest BCUT2D eigenvalue weighted by atomic mass is 10.1. The molecule has 0 bridgehead atoms. The minimum absolute atomic E-state index is 0.0234. The Labute approximate surface area is 180 Å². The normalized spacial score (nSPS) is 14.5. The monoisotopic (exact) mass is 436 g/mol. The molecule has 0 aliphatic carbocycles. The van der Waals surface area contributed by atoms with Gasteiger partial charge in [0.1, 0.15) is 5.69 Å². The average Bonchev–Trinajstić information content (AvgIpc) is 3.33. The van der Waals surface area contributed by atoms with Gasteiger partial charge in [0, 0.05) is 36.4 Å². The lowest BCUT2D eigenvalue weighted by Crippen LogP contribution is -2.06. The Morgan fingerprint density at radius 2 is 1.97 bits per heavy atom. The molecule has 0 unspecified atom stereocenters. The lowest BCUT2D eigenvalue weighted by molar-refractivity contribution is -0.384. The number of carbonyl (C=O) groups is 2. The van der Waals surface area contributed by atoms with Gasteiger partial charge in [-0.2, -0.15) is 5.10 Å². The van der Waals surface area contributed by atoms with Crippen LogP contribution in [-0.2, 0) is 9.53 Å². The molecule has 0 atom stereocenters. The van der Waals surface area contributed by atoms with Crippen molar-refractivity contribution in [3.8, 4) is 11.3 Å². The molecule has 1 aromatic heterocycles. The van der Waals surface area contributed by atoms with Crippen LogP contribution in [0.4, 0.5) is 5.69 Å². The summed E-state index contributed by atoms with van der Waals surface area (Å²) in [6.07, 6.45) is 2.96. The first-order valence-electron chi connectivity index (χ1n) is 8.96. The summed E-state index contributed by atoms with van der Waals surface area (Å²) in [5.74, 6) is -1.09. The molecule has 1 aliphatic rings. The third-order valence-corrected chi connectivity index (χ3v) is 4.73. The van der Waals surface area contributed by atoms with Crippen LogP contribution in [0.3, 0.4) is 0 Å². The smallest absolute Gasteiger partial charge is 0.363 e. The van der Waals surface area contributed by atoms with Crippen molar-refractivity contribution in [1.29, 1.82) is 0 Å². The number of carbonyl (C=O) groups excluding carboxylic acids is 2. The van der Waals surface area contributed by atoms with E-state index in [0.717, 1.165) is 11.6 Å². The highest BCUT2D eigenvalue weighted by atomic mass is 35.5. The first-order valence-corrected chi connectivity index (χ1v) is 9.34. The highest BCUT2D eigenvalue weighted by Gasteiger charge is 2.27. The number of esters is 1. The van der Waals surface area contributed by atoms with E-state index in [1.165, 1.54) is 36.0 Å². The van der Waals surface area contributed by atoms with Gasteiger partial charge in [0.05, 0.1) is 15.5 Å². The zero-order valence-electron chi connectivity index (χ0n) is 16.0. The Kier molecular flexibility index (Phi) is 5.18. The third kappa shape index (κ3) is 3.99. The number of ether oxygens (including phenoxy) is 1. The molecule has 0 saturated heterocycles. The highest BCUT2D eigenvalue weighted by molar-refractivity contribution is 6.34. The molecule has 4 rings (SSSR count). The maximum absolute atomic E-state index is 12.4. The standard InChI is InChI=1S/C21H13ClN4O5/c1-12(27)25-11-14(19(24-25)13-5-3-2-4-6-13)9-18-21(28)31-20(23-18)16-8-7-15(26(29)30)10-17(16)22/h2-11H,1H3/b18-9-. The van der Waals surface area contributed by atoms with Gasteiger partial charge in [0.25, 0.3) is 5.69 Å². The molecular weight excluding hydrogens is 424 g/mol. The van der Waals surface area contributed by atoms with Crippen LogP contribution in [0.1, 0.15) is 22.8 Å². The van der Waals surface area contributed by atoms with E-state index in [1.54, 1.807) is 0 Å². The molecular formula is C21H13ClN4O5. The predicted molar refractivity (Wildman–Crippen MR) is 113 cm³/mol. The van der Waals surface area contributed by atoms with Crippen LogP contribution in [0.15, 0.2) is 65.4 Å². The fourth-order valence-electron chi connectivity index (χ4n) is 2.94. The highest BCUT2D eigenvalue weighted by Crippen LogP contribution is 2.29. The van der Waals surface area contributed by atoms with Crippen LogP contribution < -0.4 is 0 Å². The molecule has 2 heterocycles. The van der Waals surface area contributed by atoms with Crippen molar-refractivity contribution in [3.63, 3.8) is 0 Å². The number of cyclic esters (lactones) is 1. The van der Waals surface area contributed by atoms with Crippen LogP contribution in [0.25, 0.3) is 17.3 Å². The molecule has 0 N–H and O–H groups in total. The van der Waals surface area contributed by atoms with E-state index >= 15 is 0 Å². The molecule has 3 aromatic rings. The Bertz CT molecular complexity index is 1290. The van der Waals surface area contributed by atoms with Crippen LogP contribution >= 0.6 is 11.6 Å². The van der Waals surface area contributed by atoms with Crippen molar-refractivity contribution < 1.29 is 19.2 Å². The summed E-state index contributed by atoms with van der Waals surface area (Å²) in [6, 6.07) is 12.9. The van der Waals surface area contributed by atoms with Crippen LogP contribution in [0.2, 0.25) is 5.02 Å². The second kappa shape index (κ2) is 7.96. The van der Waals surface area contributed by atoms with Gasteiger partial charge >= 0.3 is 5.97 Å². The fourth-order valence-corrected chi connectivity index (χ4v) is 3.19. The first kappa shape index (κ1) is 20.2. The number of aliphatic imine (C=N–C) groups is 1. The topological polar surface area (TPSA) is 117 Å². The van der Waals surface area contributed by atoms with Gasteiger partial charge in [0.2, 0.25) is 11.8 Å². The predicted octanol–water partition coefficient (Wildman–Crippen LogP) is 4.12. The van der Waals surface area contributed by atoms with Crippen molar-refractivity contribution in [2.24, 2.45) is 4.99 Å². The van der Waals surface area contributed by atoms with Gasteiger partial charge in [-0.15, -0.1) is 0 Å². The van der Waals surface area contributed by atoms with E-state index in [2.05, 4.69) is 10.1 Å². The van der Waals surface area contributed by atoms with Crippen LogP contribution in [-0.4, -0.2) is 32.5 Å². The van der Waals surface area contributed by atoms with Crippen LogP contribution in [0, 0.1) is 10.1 Å². The van der Waals surface area contributed by atoms with E-state index in [1.807, 2.05) is 30.3 Å². The zero-order chi connectivity index (χ0) is 22.1. The van der Waals surface area contributed by atoms with Crippen molar-refractivity contribution in [2.45, 2.75) is 6.92 Å². The van der Waals surface area contributed by atoms with Crippen molar-refractivity contribution >= 4 is 41.1 Å². The second-order valence-corrected chi connectivity index (χ2v) is 6.93.